The predicted molar refractivity (Wildman–Crippen MR) is 94.8 cm³/mol. The number of likely N-dealkylation sites (N-methyl/N-ethyl adjacent to an activating group) is 1. The number of carbonyl (C=O) groups is 3. The van der Waals surface area contributed by atoms with Gasteiger partial charge in [0.05, 0.1) is 0 Å². The van der Waals surface area contributed by atoms with Crippen LogP contribution < -0.4 is 10.6 Å². The van der Waals surface area contributed by atoms with Crippen molar-refractivity contribution in [3.8, 4) is 0 Å². The van der Waals surface area contributed by atoms with Gasteiger partial charge in [0.1, 0.15) is 24.1 Å². The molecule has 2 aromatic heterocycles. The molecule has 0 spiro atoms. The van der Waals surface area contributed by atoms with Crippen LogP contribution >= 0.6 is 0 Å². The number of aliphatic hydroxyl groups is 1. The van der Waals surface area contributed by atoms with Gasteiger partial charge in [-0.2, -0.15) is 0 Å². The molecule has 27 heavy (non-hydrogen) atoms. The Morgan fingerprint density at radius 2 is 2.15 bits per heavy atom. The van der Waals surface area contributed by atoms with Crippen LogP contribution in [0.15, 0.2) is 34.9 Å². The molecule has 1 saturated heterocycles. The molecule has 1 aliphatic rings. The molecule has 3 amide bonds. The molecule has 0 unspecified atom stereocenters. The van der Waals surface area contributed by atoms with Gasteiger partial charge < -0.3 is 30.0 Å². The minimum atomic E-state index is -0.714. The predicted octanol–water partition coefficient (Wildman–Crippen LogP) is 0.249. The summed E-state index contributed by atoms with van der Waals surface area (Å²) in [6.45, 7) is 2.10. The van der Waals surface area contributed by atoms with Crippen LogP contribution in [-0.4, -0.2) is 57.9 Å². The van der Waals surface area contributed by atoms with E-state index in [1.165, 1.54) is 17.0 Å². The monoisotopic (exact) mass is 374 g/mol. The largest absolute Gasteiger partial charge is 0.453 e. The molecular formula is C18H22N4O5. The van der Waals surface area contributed by atoms with Gasteiger partial charge in [0, 0.05) is 25.3 Å². The summed E-state index contributed by atoms with van der Waals surface area (Å²) < 4.78 is 5.31. The average Bonchev–Trinajstić information content (AvgIpc) is 3.40. The van der Waals surface area contributed by atoms with Crippen LogP contribution in [0.3, 0.4) is 0 Å². The van der Waals surface area contributed by atoms with Gasteiger partial charge in [-0.05, 0) is 37.6 Å². The SMILES string of the molecule is CCNC(=O)[C@@H]1C[C@@H](NC(=O)c2ccc[nH]2)CN1C(=O)c1ccc(CO)o1. The van der Waals surface area contributed by atoms with Crippen LogP contribution in [0.25, 0.3) is 0 Å². The van der Waals surface area contributed by atoms with Gasteiger partial charge in [-0.25, -0.2) is 0 Å². The molecule has 0 bridgehead atoms. The van der Waals surface area contributed by atoms with E-state index in [9.17, 15) is 14.4 Å². The van der Waals surface area contributed by atoms with Crippen LogP contribution in [-0.2, 0) is 11.4 Å². The number of nitrogens with zero attached hydrogens (tertiary/aromatic N) is 1. The topological polar surface area (TPSA) is 128 Å². The van der Waals surface area contributed by atoms with Gasteiger partial charge in [-0.1, -0.05) is 0 Å². The highest BCUT2D eigenvalue weighted by Crippen LogP contribution is 2.22. The maximum atomic E-state index is 12.8. The molecule has 9 heteroatoms. The number of hydrogen-bond acceptors (Lipinski definition) is 5. The molecule has 4 N–H and O–H groups in total. The lowest BCUT2D eigenvalue weighted by atomic mass is 10.1. The molecule has 0 saturated carbocycles. The third kappa shape index (κ3) is 4.03. The average molecular weight is 374 g/mol. The van der Waals surface area contributed by atoms with Crippen LogP contribution in [0.2, 0.25) is 0 Å². The van der Waals surface area contributed by atoms with Gasteiger partial charge in [-0.15, -0.1) is 0 Å². The lowest BCUT2D eigenvalue weighted by Gasteiger charge is -2.22. The number of amides is 3. The number of likely N-dealkylation sites (tertiary alicyclic amines) is 1. The second-order valence-electron chi connectivity index (χ2n) is 6.28. The number of aromatic amines is 1. The molecule has 3 heterocycles. The summed E-state index contributed by atoms with van der Waals surface area (Å²) in [6, 6.07) is 5.25. The molecule has 0 aromatic carbocycles. The summed E-state index contributed by atoms with van der Waals surface area (Å²) in [6.07, 6.45) is 1.95. The van der Waals surface area contributed by atoms with Crippen molar-refractivity contribution in [2.75, 3.05) is 13.1 Å². The van der Waals surface area contributed by atoms with E-state index in [4.69, 9.17) is 9.52 Å². The van der Waals surface area contributed by atoms with E-state index in [-0.39, 0.29) is 42.5 Å². The zero-order chi connectivity index (χ0) is 19.4. The second kappa shape index (κ2) is 8.09. The highest BCUT2D eigenvalue weighted by molar-refractivity contribution is 5.97. The van der Waals surface area contributed by atoms with Crippen molar-refractivity contribution < 1.29 is 23.9 Å². The van der Waals surface area contributed by atoms with E-state index < -0.39 is 11.9 Å². The molecule has 3 rings (SSSR count). The highest BCUT2D eigenvalue weighted by Gasteiger charge is 2.41. The van der Waals surface area contributed by atoms with Crippen molar-refractivity contribution >= 4 is 17.7 Å². The third-order valence-corrected chi connectivity index (χ3v) is 4.42. The molecule has 9 nitrogen and oxygen atoms in total. The Kier molecular flexibility index (Phi) is 5.60. The zero-order valence-corrected chi connectivity index (χ0v) is 14.9. The Morgan fingerprint density at radius 1 is 1.33 bits per heavy atom. The summed E-state index contributed by atoms with van der Waals surface area (Å²) >= 11 is 0. The Balaban J connectivity index is 1.75. The number of aliphatic hydroxyl groups excluding tert-OH is 1. The summed E-state index contributed by atoms with van der Waals surface area (Å²) in [4.78, 5) is 41.7. The van der Waals surface area contributed by atoms with Gasteiger partial charge in [0.15, 0.2) is 5.76 Å². The van der Waals surface area contributed by atoms with Gasteiger partial charge in [0.25, 0.3) is 11.8 Å². The number of carbonyl (C=O) groups excluding carboxylic acids is 3. The summed E-state index contributed by atoms with van der Waals surface area (Å²) in [5.41, 5.74) is 0.410. The Hall–Kier alpha value is -3.07. The van der Waals surface area contributed by atoms with Gasteiger partial charge in [-0.3, -0.25) is 14.4 Å². The smallest absolute Gasteiger partial charge is 0.290 e. The lowest BCUT2D eigenvalue weighted by molar-refractivity contribution is -0.124. The first-order valence-corrected chi connectivity index (χ1v) is 8.76. The number of hydrogen-bond donors (Lipinski definition) is 4. The lowest BCUT2D eigenvalue weighted by Crippen LogP contribution is -2.45. The van der Waals surface area contributed by atoms with Crippen molar-refractivity contribution in [1.29, 1.82) is 0 Å². The highest BCUT2D eigenvalue weighted by atomic mass is 16.4. The first-order valence-electron chi connectivity index (χ1n) is 8.76. The first-order chi connectivity index (χ1) is 13.0. The fourth-order valence-electron chi connectivity index (χ4n) is 3.16. The minimum absolute atomic E-state index is 0.0460. The van der Waals surface area contributed by atoms with E-state index in [1.54, 1.807) is 25.3 Å². The molecule has 0 aliphatic carbocycles. The molecule has 2 atom stereocenters. The van der Waals surface area contributed by atoms with Gasteiger partial charge >= 0.3 is 0 Å². The summed E-state index contributed by atoms with van der Waals surface area (Å²) in [7, 11) is 0. The van der Waals surface area contributed by atoms with Crippen molar-refractivity contribution in [3.05, 3.63) is 47.7 Å². The quantitative estimate of drug-likeness (QED) is 0.576. The fraction of sp³-hybridized carbons (Fsp3) is 0.389. The third-order valence-electron chi connectivity index (χ3n) is 4.42. The summed E-state index contributed by atoms with van der Waals surface area (Å²) in [5.74, 6) is -0.720. The number of furan rings is 1. The first kappa shape index (κ1) is 18.7. The molecule has 1 fully saturated rings. The maximum absolute atomic E-state index is 12.8. The Labute approximate surface area is 155 Å². The summed E-state index contributed by atoms with van der Waals surface area (Å²) in [5, 5.41) is 14.7. The van der Waals surface area contributed by atoms with E-state index in [1.807, 2.05) is 0 Å². The van der Waals surface area contributed by atoms with Crippen molar-refractivity contribution in [3.63, 3.8) is 0 Å². The normalized spacial score (nSPS) is 19.1. The molecular weight excluding hydrogens is 352 g/mol. The standard InChI is InChI=1S/C18H22N4O5/c1-2-19-17(25)14-8-11(21-16(24)13-4-3-7-20-13)9-22(14)18(26)15-6-5-12(10-23)27-15/h3-7,11,14,20,23H,2,8-10H2,1H3,(H,19,25)(H,21,24)/t11-,14+/m1/s1. The molecule has 2 aromatic rings. The van der Waals surface area contributed by atoms with Crippen LogP contribution in [0.1, 0.15) is 40.1 Å². The van der Waals surface area contributed by atoms with Crippen molar-refractivity contribution in [1.82, 2.24) is 20.5 Å². The van der Waals surface area contributed by atoms with E-state index in [2.05, 4.69) is 15.6 Å². The van der Waals surface area contributed by atoms with Crippen LogP contribution in [0.5, 0.6) is 0 Å². The zero-order valence-electron chi connectivity index (χ0n) is 14.9. The number of rotatable bonds is 6. The number of aromatic nitrogens is 1. The Bertz CT molecular complexity index is 814. The van der Waals surface area contributed by atoms with Crippen molar-refractivity contribution in [2.24, 2.45) is 0 Å². The Morgan fingerprint density at radius 3 is 2.78 bits per heavy atom. The van der Waals surface area contributed by atoms with Crippen LogP contribution in [0, 0.1) is 0 Å². The minimum Gasteiger partial charge on any atom is -0.453 e. The van der Waals surface area contributed by atoms with E-state index in [0.717, 1.165) is 0 Å². The molecule has 0 radical (unpaired) electrons. The van der Waals surface area contributed by atoms with Gasteiger partial charge in [0.2, 0.25) is 5.91 Å². The molecule has 144 valence electrons. The van der Waals surface area contributed by atoms with E-state index >= 15 is 0 Å². The number of nitrogens with one attached hydrogen (secondary N) is 3. The van der Waals surface area contributed by atoms with E-state index in [0.29, 0.717) is 18.7 Å². The molecule has 1 aliphatic heterocycles. The second-order valence-corrected chi connectivity index (χ2v) is 6.28. The van der Waals surface area contributed by atoms with Crippen molar-refractivity contribution in [2.45, 2.75) is 32.0 Å². The maximum Gasteiger partial charge on any atom is 0.290 e. The fourth-order valence-corrected chi connectivity index (χ4v) is 3.16. The number of H-pyrrole nitrogens is 1. The van der Waals surface area contributed by atoms with Crippen LogP contribution in [0.4, 0.5) is 0 Å².